The fraction of sp³-hybridized carbons (Fsp3) is 0.145. The number of nitrogens with zero attached hydrogens (tertiary/aromatic N) is 4. The van der Waals surface area contributed by atoms with Gasteiger partial charge in [0.25, 0.3) is 0 Å². The molecule has 284 valence electrons. The Kier molecular flexibility index (Phi) is 7.96. The molecule has 4 heteroatoms. The van der Waals surface area contributed by atoms with Gasteiger partial charge in [0, 0.05) is 32.8 Å². The lowest BCUT2D eigenvalue weighted by Gasteiger charge is -2.42. The van der Waals surface area contributed by atoms with Gasteiger partial charge in [-0.25, -0.2) is 15.0 Å². The van der Waals surface area contributed by atoms with Gasteiger partial charge >= 0.3 is 0 Å². The summed E-state index contributed by atoms with van der Waals surface area (Å²) in [5.41, 5.74) is 11.9. The number of hydrogen-bond donors (Lipinski definition) is 0. The van der Waals surface area contributed by atoms with Gasteiger partial charge in [0.1, 0.15) is 0 Å². The van der Waals surface area contributed by atoms with Crippen molar-refractivity contribution in [1.29, 1.82) is 0 Å². The summed E-state index contributed by atoms with van der Waals surface area (Å²) < 4.78 is 2.55. The van der Waals surface area contributed by atoms with Crippen LogP contribution in [0.25, 0.3) is 94.3 Å². The van der Waals surface area contributed by atoms with Crippen molar-refractivity contribution in [3.8, 4) is 51.0 Å². The summed E-state index contributed by atoms with van der Waals surface area (Å²) in [6, 6.07) is 61.0. The number of rotatable bonds is 5. The van der Waals surface area contributed by atoms with E-state index in [9.17, 15) is 0 Å². The minimum Gasteiger partial charge on any atom is -0.308 e. The molecule has 8 aromatic carbocycles. The van der Waals surface area contributed by atoms with Gasteiger partial charge in [0.05, 0.1) is 16.7 Å². The highest BCUT2D eigenvalue weighted by molar-refractivity contribution is 6.12. The molecule has 0 spiro atoms. The molecule has 10 aromatic rings. The van der Waals surface area contributed by atoms with Gasteiger partial charge in [-0.1, -0.05) is 167 Å². The number of aromatic nitrogens is 4. The van der Waals surface area contributed by atoms with E-state index in [1.54, 1.807) is 0 Å². The van der Waals surface area contributed by atoms with E-state index >= 15 is 0 Å². The Morgan fingerprint density at radius 2 is 0.966 bits per heavy atom. The number of para-hydroxylation sites is 1. The third-order valence-electron chi connectivity index (χ3n) is 12.8. The van der Waals surface area contributed by atoms with Crippen LogP contribution in [0.15, 0.2) is 170 Å². The van der Waals surface area contributed by atoms with Crippen LogP contribution >= 0.6 is 0 Å². The second-order valence-electron chi connectivity index (χ2n) is 17.5. The van der Waals surface area contributed by atoms with Crippen molar-refractivity contribution >= 4 is 43.4 Å². The summed E-state index contributed by atoms with van der Waals surface area (Å²) >= 11 is 0. The summed E-state index contributed by atoms with van der Waals surface area (Å²) in [6.07, 6.45) is 2.29. The van der Waals surface area contributed by atoms with E-state index in [0.29, 0.717) is 17.5 Å². The smallest absolute Gasteiger partial charge is 0.164 e. The standard InChI is InChI=1S/C55H44N4/c1-54(2)29-30-55(3,4)49-46(54)28-27-45-44-21-13-14-22-47(44)59(50(45)49)48-34-42(33-40-19-11-12-20-43(40)48)53-57-51(36-17-9-6-10-18-36)56-52(58-53)41-26-25-38-31-37(23-24-39(38)32-41)35-15-7-5-8-16-35/h5-28,31-34H,29-30H2,1-4H3. The van der Waals surface area contributed by atoms with Crippen LogP contribution in [0.2, 0.25) is 0 Å². The molecule has 59 heavy (non-hydrogen) atoms. The maximum atomic E-state index is 5.31. The van der Waals surface area contributed by atoms with Gasteiger partial charge in [0.15, 0.2) is 17.5 Å². The minimum atomic E-state index is 0.000566. The van der Waals surface area contributed by atoms with E-state index in [0.717, 1.165) is 46.0 Å². The molecule has 0 saturated heterocycles. The SMILES string of the molecule is CC1(C)CCC(C)(C)c2c1ccc1c3ccccc3n(-c3cc(-c4nc(-c5ccccc5)nc(-c5ccc6cc(-c7ccccc7)ccc6c5)n4)cc4ccccc34)c21. The van der Waals surface area contributed by atoms with Crippen LogP contribution in [0.5, 0.6) is 0 Å². The molecule has 0 atom stereocenters. The summed E-state index contributed by atoms with van der Waals surface area (Å²) in [5, 5.41) is 7.19. The largest absolute Gasteiger partial charge is 0.308 e. The fourth-order valence-corrected chi connectivity index (χ4v) is 9.59. The lowest BCUT2D eigenvalue weighted by atomic mass is 9.62. The predicted molar refractivity (Wildman–Crippen MR) is 246 cm³/mol. The quantitative estimate of drug-likeness (QED) is 0.175. The van der Waals surface area contributed by atoms with Crippen molar-refractivity contribution in [2.24, 2.45) is 0 Å². The molecular weight excluding hydrogens is 717 g/mol. The van der Waals surface area contributed by atoms with Crippen LogP contribution < -0.4 is 0 Å². The number of hydrogen-bond acceptors (Lipinski definition) is 3. The van der Waals surface area contributed by atoms with Crippen LogP contribution in [0.3, 0.4) is 0 Å². The molecule has 1 aliphatic rings. The molecule has 0 N–H and O–H groups in total. The highest BCUT2D eigenvalue weighted by Crippen LogP contribution is 2.51. The zero-order chi connectivity index (χ0) is 39.9. The molecule has 0 radical (unpaired) electrons. The first kappa shape index (κ1) is 35.3. The van der Waals surface area contributed by atoms with Gasteiger partial charge in [0.2, 0.25) is 0 Å². The van der Waals surface area contributed by atoms with Crippen LogP contribution in [0, 0.1) is 0 Å². The molecule has 2 aromatic heterocycles. The van der Waals surface area contributed by atoms with E-state index in [-0.39, 0.29) is 10.8 Å². The Balaban J connectivity index is 1.15. The summed E-state index contributed by atoms with van der Waals surface area (Å²) in [7, 11) is 0. The Morgan fingerprint density at radius 3 is 1.71 bits per heavy atom. The van der Waals surface area contributed by atoms with Crippen molar-refractivity contribution < 1.29 is 0 Å². The van der Waals surface area contributed by atoms with Crippen molar-refractivity contribution in [3.05, 3.63) is 181 Å². The van der Waals surface area contributed by atoms with Crippen LogP contribution in [0.1, 0.15) is 51.7 Å². The van der Waals surface area contributed by atoms with Crippen molar-refractivity contribution in [1.82, 2.24) is 19.5 Å². The maximum absolute atomic E-state index is 5.31. The molecule has 0 amide bonds. The molecule has 0 saturated carbocycles. The normalized spacial score (nSPS) is 14.6. The molecule has 2 heterocycles. The number of benzene rings is 8. The molecule has 0 fully saturated rings. The Labute approximate surface area is 344 Å². The second kappa shape index (κ2) is 13.3. The van der Waals surface area contributed by atoms with E-state index in [4.69, 9.17) is 15.0 Å². The minimum absolute atomic E-state index is 0.000566. The van der Waals surface area contributed by atoms with Crippen molar-refractivity contribution in [2.45, 2.75) is 51.4 Å². The monoisotopic (exact) mass is 760 g/mol. The average Bonchev–Trinajstić information content (AvgIpc) is 3.61. The zero-order valence-electron chi connectivity index (χ0n) is 33.9. The first-order valence-corrected chi connectivity index (χ1v) is 20.7. The van der Waals surface area contributed by atoms with E-state index in [1.807, 2.05) is 18.2 Å². The predicted octanol–water partition coefficient (Wildman–Crippen LogP) is 14.3. The third kappa shape index (κ3) is 5.85. The molecule has 11 rings (SSSR count). The van der Waals surface area contributed by atoms with Gasteiger partial charge in [-0.3, -0.25) is 0 Å². The molecular formula is C55H44N4. The van der Waals surface area contributed by atoms with E-state index < -0.39 is 0 Å². The van der Waals surface area contributed by atoms with Gasteiger partial charge in [-0.05, 0) is 92.4 Å². The summed E-state index contributed by atoms with van der Waals surface area (Å²) in [5.74, 6) is 1.94. The Bertz CT molecular complexity index is 3270. The lowest BCUT2D eigenvalue weighted by Crippen LogP contribution is -2.34. The molecule has 1 aliphatic carbocycles. The highest BCUT2D eigenvalue weighted by Gasteiger charge is 2.39. The molecule has 0 unspecified atom stereocenters. The van der Waals surface area contributed by atoms with Crippen molar-refractivity contribution in [3.63, 3.8) is 0 Å². The lowest BCUT2D eigenvalue weighted by molar-refractivity contribution is 0.334. The van der Waals surface area contributed by atoms with Crippen LogP contribution in [-0.2, 0) is 10.8 Å². The highest BCUT2D eigenvalue weighted by atomic mass is 15.0. The first-order chi connectivity index (χ1) is 28.7. The summed E-state index contributed by atoms with van der Waals surface area (Å²) in [4.78, 5) is 15.7. The average molecular weight is 761 g/mol. The molecule has 0 bridgehead atoms. The number of fused-ring (bicyclic) bond motifs is 7. The Morgan fingerprint density at radius 1 is 0.407 bits per heavy atom. The van der Waals surface area contributed by atoms with Crippen LogP contribution in [0.4, 0.5) is 0 Å². The molecule has 4 nitrogen and oxygen atoms in total. The zero-order valence-corrected chi connectivity index (χ0v) is 33.9. The maximum Gasteiger partial charge on any atom is 0.164 e. The van der Waals surface area contributed by atoms with Crippen LogP contribution in [-0.4, -0.2) is 19.5 Å². The van der Waals surface area contributed by atoms with E-state index in [2.05, 4.69) is 184 Å². The summed E-state index contributed by atoms with van der Waals surface area (Å²) in [6.45, 7) is 9.69. The first-order valence-electron chi connectivity index (χ1n) is 20.7. The third-order valence-corrected chi connectivity index (χ3v) is 12.8. The molecule has 0 aliphatic heterocycles. The van der Waals surface area contributed by atoms with E-state index in [1.165, 1.54) is 54.8 Å². The second-order valence-corrected chi connectivity index (χ2v) is 17.5. The van der Waals surface area contributed by atoms with Gasteiger partial charge in [-0.2, -0.15) is 0 Å². The van der Waals surface area contributed by atoms with Gasteiger partial charge < -0.3 is 4.57 Å². The van der Waals surface area contributed by atoms with Crippen molar-refractivity contribution in [2.75, 3.05) is 0 Å². The Hall–Kier alpha value is -6.91. The van der Waals surface area contributed by atoms with Gasteiger partial charge in [-0.15, -0.1) is 0 Å². The fourth-order valence-electron chi connectivity index (χ4n) is 9.59. The topological polar surface area (TPSA) is 43.6 Å².